The second kappa shape index (κ2) is 16.8. The number of unbranched alkanes of at least 4 members (excludes halogenated alkanes) is 11. The van der Waals surface area contributed by atoms with Crippen LogP contribution < -0.4 is 0 Å². The topological polar surface area (TPSA) is 26.3 Å². The lowest BCUT2D eigenvalue weighted by Gasteiger charge is -2.16. The van der Waals surface area contributed by atoms with Gasteiger partial charge in [-0.25, -0.2) is 0 Å². The zero-order chi connectivity index (χ0) is 16.5. The Hall–Kier alpha value is -0.530. The van der Waals surface area contributed by atoms with Gasteiger partial charge in [0, 0.05) is 6.92 Å². The van der Waals surface area contributed by atoms with Crippen LogP contribution in [0.2, 0.25) is 0 Å². The van der Waals surface area contributed by atoms with E-state index in [2.05, 4.69) is 13.8 Å². The molecular formula is C20H40O2. The number of ether oxygens (including phenoxy) is 1. The Morgan fingerprint density at radius 3 is 1.50 bits per heavy atom. The van der Waals surface area contributed by atoms with Crippen LogP contribution in [0, 0.1) is 0 Å². The van der Waals surface area contributed by atoms with Gasteiger partial charge in [0.1, 0.15) is 6.10 Å². The van der Waals surface area contributed by atoms with Gasteiger partial charge in [-0.05, 0) is 25.7 Å². The molecule has 0 saturated heterocycles. The van der Waals surface area contributed by atoms with Gasteiger partial charge < -0.3 is 4.74 Å². The zero-order valence-electron chi connectivity index (χ0n) is 15.5. The molecular weight excluding hydrogens is 272 g/mol. The average molecular weight is 313 g/mol. The van der Waals surface area contributed by atoms with Crippen LogP contribution in [0.25, 0.3) is 0 Å². The van der Waals surface area contributed by atoms with Crippen molar-refractivity contribution in [3.8, 4) is 0 Å². The molecule has 1 atom stereocenters. The van der Waals surface area contributed by atoms with Crippen molar-refractivity contribution in [3.05, 3.63) is 0 Å². The van der Waals surface area contributed by atoms with Gasteiger partial charge in [-0.15, -0.1) is 0 Å². The highest BCUT2D eigenvalue weighted by molar-refractivity contribution is 5.66. The minimum atomic E-state index is -0.117. The normalized spacial score (nSPS) is 12.3. The van der Waals surface area contributed by atoms with Gasteiger partial charge in [-0.1, -0.05) is 84.5 Å². The first-order valence-electron chi connectivity index (χ1n) is 9.87. The van der Waals surface area contributed by atoms with Crippen molar-refractivity contribution in [1.29, 1.82) is 0 Å². The number of esters is 1. The highest BCUT2D eigenvalue weighted by Gasteiger charge is 2.11. The molecule has 0 amide bonds. The lowest BCUT2D eigenvalue weighted by Crippen LogP contribution is -2.16. The minimum absolute atomic E-state index is 0.117. The van der Waals surface area contributed by atoms with Gasteiger partial charge in [0.2, 0.25) is 0 Å². The summed E-state index contributed by atoms with van der Waals surface area (Å²) in [6.45, 7) is 6.01. The van der Waals surface area contributed by atoms with Crippen LogP contribution in [0.3, 0.4) is 0 Å². The molecule has 0 aromatic heterocycles. The molecule has 0 spiro atoms. The van der Waals surface area contributed by atoms with E-state index in [1.165, 1.54) is 90.4 Å². The van der Waals surface area contributed by atoms with Crippen LogP contribution in [-0.2, 0) is 9.53 Å². The van der Waals surface area contributed by atoms with Crippen molar-refractivity contribution < 1.29 is 9.53 Å². The first kappa shape index (κ1) is 21.5. The molecule has 2 nitrogen and oxygen atoms in total. The molecule has 0 aromatic carbocycles. The first-order chi connectivity index (χ1) is 10.7. The summed E-state index contributed by atoms with van der Waals surface area (Å²) in [6.07, 6.45) is 19.5. The Morgan fingerprint density at radius 2 is 1.05 bits per heavy atom. The Balaban J connectivity index is 3.48. The molecule has 0 rings (SSSR count). The summed E-state index contributed by atoms with van der Waals surface area (Å²) in [5, 5.41) is 0. The molecule has 0 fully saturated rings. The van der Waals surface area contributed by atoms with E-state index in [0.29, 0.717) is 0 Å². The van der Waals surface area contributed by atoms with Crippen LogP contribution in [0.15, 0.2) is 0 Å². The number of hydrogen-bond donors (Lipinski definition) is 0. The fraction of sp³-hybridized carbons (Fsp3) is 0.950. The monoisotopic (exact) mass is 312 g/mol. The maximum atomic E-state index is 11.1. The Kier molecular flexibility index (Phi) is 16.4. The molecule has 0 aliphatic carbocycles. The highest BCUT2D eigenvalue weighted by Crippen LogP contribution is 2.16. The average Bonchev–Trinajstić information content (AvgIpc) is 2.48. The summed E-state index contributed by atoms with van der Waals surface area (Å²) < 4.78 is 5.44. The van der Waals surface area contributed by atoms with Gasteiger partial charge in [0.15, 0.2) is 0 Å². The van der Waals surface area contributed by atoms with Crippen molar-refractivity contribution in [2.24, 2.45) is 0 Å². The Morgan fingerprint density at radius 1 is 0.682 bits per heavy atom. The van der Waals surface area contributed by atoms with Crippen molar-refractivity contribution in [2.45, 2.75) is 123 Å². The molecule has 0 heterocycles. The molecule has 0 bridgehead atoms. The highest BCUT2D eigenvalue weighted by atomic mass is 16.5. The second-order valence-electron chi connectivity index (χ2n) is 6.70. The number of rotatable bonds is 16. The minimum Gasteiger partial charge on any atom is -0.463 e. The van der Waals surface area contributed by atoms with Crippen molar-refractivity contribution in [2.75, 3.05) is 0 Å². The van der Waals surface area contributed by atoms with E-state index < -0.39 is 0 Å². The quantitative estimate of drug-likeness (QED) is 0.231. The summed E-state index contributed by atoms with van der Waals surface area (Å²) in [7, 11) is 0. The van der Waals surface area contributed by atoms with E-state index in [4.69, 9.17) is 4.74 Å². The van der Waals surface area contributed by atoms with Gasteiger partial charge in [-0.3, -0.25) is 4.79 Å². The number of hydrogen-bond acceptors (Lipinski definition) is 2. The van der Waals surface area contributed by atoms with Crippen LogP contribution >= 0.6 is 0 Å². The van der Waals surface area contributed by atoms with Crippen LogP contribution in [0.1, 0.15) is 117 Å². The molecule has 0 aliphatic rings. The van der Waals surface area contributed by atoms with E-state index in [1.54, 1.807) is 0 Å². The summed E-state index contributed by atoms with van der Waals surface area (Å²) in [5.74, 6) is -0.117. The molecule has 0 saturated carbocycles. The molecule has 22 heavy (non-hydrogen) atoms. The standard InChI is InChI=1S/C20H40O2/c1-4-6-8-9-10-11-12-13-14-16-18-20(22-19(3)21)17-15-7-5-2/h20H,4-18H2,1-3H3. The maximum absolute atomic E-state index is 11.1. The number of carbonyl (C=O) groups excluding carboxylic acids is 1. The third-order valence-corrected chi connectivity index (χ3v) is 4.34. The zero-order valence-corrected chi connectivity index (χ0v) is 15.5. The maximum Gasteiger partial charge on any atom is 0.302 e. The largest absolute Gasteiger partial charge is 0.463 e. The Bertz CT molecular complexity index is 238. The Labute approximate surface area is 139 Å². The molecule has 0 N–H and O–H groups in total. The molecule has 0 aliphatic heterocycles. The second-order valence-corrected chi connectivity index (χ2v) is 6.70. The summed E-state index contributed by atoms with van der Waals surface area (Å²) in [6, 6.07) is 0. The third kappa shape index (κ3) is 15.9. The van der Waals surface area contributed by atoms with E-state index in [-0.39, 0.29) is 12.1 Å². The summed E-state index contributed by atoms with van der Waals surface area (Å²) >= 11 is 0. The SMILES string of the molecule is CCCCCCCCCCCCC(CCCCC)OC(C)=O. The fourth-order valence-electron chi connectivity index (χ4n) is 2.98. The van der Waals surface area contributed by atoms with E-state index in [9.17, 15) is 4.79 Å². The van der Waals surface area contributed by atoms with Gasteiger partial charge in [-0.2, -0.15) is 0 Å². The van der Waals surface area contributed by atoms with Crippen molar-refractivity contribution >= 4 is 5.97 Å². The van der Waals surface area contributed by atoms with Crippen molar-refractivity contribution in [3.63, 3.8) is 0 Å². The lowest BCUT2D eigenvalue weighted by molar-refractivity contribution is -0.147. The van der Waals surface area contributed by atoms with Crippen LogP contribution in [0.4, 0.5) is 0 Å². The smallest absolute Gasteiger partial charge is 0.302 e. The van der Waals surface area contributed by atoms with Gasteiger partial charge in [0.05, 0.1) is 0 Å². The van der Waals surface area contributed by atoms with Crippen molar-refractivity contribution in [1.82, 2.24) is 0 Å². The third-order valence-electron chi connectivity index (χ3n) is 4.34. The molecule has 1 unspecified atom stereocenters. The predicted octanol–water partition coefficient (Wildman–Crippen LogP) is 6.81. The predicted molar refractivity (Wildman–Crippen MR) is 96.2 cm³/mol. The molecule has 2 heteroatoms. The first-order valence-corrected chi connectivity index (χ1v) is 9.87. The summed E-state index contributed by atoms with van der Waals surface area (Å²) in [5.41, 5.74) is 0. The van der Waals surface area contributed by atoms with Crippen LogP contribution in [-0.4, -0.2) is 12.1 Å². The fourth-order valence-corrected chi connectivity index (χ4v) is 2.98. The van der Waals surface area contributed by atoms with E-state index in [0.717, 1.165) is 12.8 Å². The molecule has 0 radical (unpaired) electrons. The van der Waals surface area contributed by atoms with Gasteiger partial charge in [0.25, 0.3) is 0 Å². The number of carbonyl (C=O) groups is 1. The van der Waals surface area contributed by atoms with E-state index >= 15 is 0 Å². The molecule has 0 aromatic rings. The van der Waals surface area contributed by atoms with Crippen LogP contribution in [0.5, 0.6) is 0 Å². The molecule has 132 valence electrons. The van der Waals surface area contributed by atoms with Gasteiger partial charge >= 0.3 is 5.97 Å². The van der Waals surface area contributed by atoms with E-state index in [1.807, 2.05) is 0 Å². The summed E-state index contributed by atoms with van der Waals surface area (Å²) in [4.78, 5) is 11.1. The lowest BCUT2D eigenvalue weighted by atomic mass is 10.0.